The predicted molar refractivity (Wildman–Crippen MR) is 65.4 cm³/mol. The van der Waals surface area contributed by atoms with E-state index in [-0.39, 0.29) is 16.5 Å². The smallest absolute Gasteiger partial charge is 0.237 e. The first-order valence-electron chi connectivity index (χ1n) is 5.56. The van der Waals surface area contributed by atoms with E-state index < -0.39 is 18.9 Å². The van der Waals surface area contributed by atoms with E-state index in [1.165, 1.54) is 16.8 Å². The van der Waals surface area contributed by atoms with Crippen molar-refractivity contribution in [1.82, 2.24) is 24.1 Å². The van der Waals surface area contributed by atoms with Crippen molar-refractivity contribution in [3.05, 3.63) is 47.1 Å². The molecule has 3 heterocycles. The standard InChI is InChI=1S/C11H8ClF2N5O/c12-7-1-2-8-15-3-6(19(8)17-7)10(20)9-11(14)16-5-18(9)4-13/h1-3,5,10,20H,4H2. The Labute approximate surface area is 116 Å². The normalized spacial score (nSPS) is 13.0. The number of aromatic nitrogens is 5. The molecule has 0 spiro atoms. The Morgan fingerprint density at radius 3 is 2.90 bits per heavy atom. The molecule has 0 saturated carbocycles. The number of imidazole rings is 2. The van der Waals surface area contributed by atoms with Crippen molar-refractivity contribution in [3.63, 3.8) is 0 Å². The van der Waals surface area contributed by atoms with Crippen molar-refractivity contribution < 1.29 is 13.9 Å². The lowest BCUT2D eigenvalue weighted by Crippen LogP contribution is -2.12. The predicted octanol–water partition coefficient (Wildman–Crippen LogP) is 1.73. The number of rotatable bonds is 3. The second-order valence-electron chi connectivity index (χ2n) is 4.02. The largest absolute Gasteiger partial charge is 0.380 e. The summed E-state index contributed by atoms with van der Waals surface area (Å²) in [7, 11) is 0. The van der Waals surface area contributed by atoms with Crippen LogP contribution in [0.4, 0.5) is 8.78 Å². The number of halogens is 3. The van der Waals surface area contributed by atoms with Crippen LogP contribution in [0.25, 0.3) is 5.65 Å². The molecule has 104 valence electrons. The first kappa shape index (κ1) is 12.9. The summed E-state index contributed by atoms with van der Waals surface area (Å²) in [5, 5.41) is 14.4. The highest BCUT2D eigenvalue weighted by atomic mass is 35.5. The third kappa shape index (κ3) is 1.93. The van der Waals surface area contributed by atoms with Crippen LogP contribution in [0.2, 0.25) is 5.15 Å². The highest BCUT2D eigenvalue weighted by Gasteiger charge is 2.24. The Kier molecular flexibility index (Phi) is 3.11. The van der Waals surface area contributed by atoms with E-state index in [2.05, 4.69) is 15.1 Å². The molecular weight excluding hydrogens is 292 g/mol. The van der Waals surface area contributed by atoms with Crippen LogP contribution in [0, 0.1) is 5.95 Å². The Bertz CT molecular complexity index is 771. The monoisotopic (exact) mass is 299 g/mol. The molecule has 1 atom stereocenters. The van der Waals surface area contributed by atoms with Crippen molar-refractivity contribution in [2.75, 3.05) is 0 Å². The minimum atomic E-state index is -1.46. The molecule has 9 heteroatoms. The fourth-order valence-electron chi connectivity index (χ4n) is 1.93. The number of nitrogens with zero attached hydrogens (tertiary/aromatic N) is 5. The van der Waals surface area contributed by atoms with E-state index in [1.807, 2.05) is 0 Å². The van der Waals surface area contributed by atoms with Crippen LogP contribution in [-0.4, -0.2) is 29.3 Å². The van der Waals surface area contributed by atoms with Gasteiger partial charge in [0.05, 0.1) is 11.9 Å². The molecule has 0 aromatic carbocycles. The highest BCUT2D eigenvalue weighted by molar-refractivity contribution is 6.29. The van der Waals surface area contributed by atoms with E-state index in [1.54, 1.807) is 6.07 Å². The van der Waals surface area contributed by atoms with Crippen molar-refractivity contribution >= 4 is 17.2 Å². The number of hydrogen-bond donors (Lipinski definition) is 1. The highest BCUT2D eigenvalue weighted by Crippen LogP contribution is 2.24. The lowest BCUT2D eigenvalue weighted by molar-refractivity contribution is 0.190. The second kappa shape index (κ2) is 4.80. The molecular formula is C11H8ClF2N5O. The van der Waals surface area contributed by atoms with E-state index in [9.17, 15) is 13.9 Å². The number of aliphatic hydroxyl groups is 1. The van der Waals surface area contributed by atoms with Crippen molar-refractivity contribution in [3.8, 4) is 0 Å². The van der Waals surface area contributed by atoms with Crippen molar-refractivity contribution in [2.24, 2.45) is 0 Å². The molecule has 3 aromatic rings. The molecule has 1 N–H and O–H groups in total. The molecule has 0 radical (unpaired) electrons. The minimum absolute atomic E-state index is 0.164. The fraction of sp³-hybridized carbons (Fsp3) is 0.182. The van der Waals surface area contributed by atoms with Gasteiger partial charge in [-0.3, -0.25) is 0 Å². The van der Waals surface area contributed by atoms with E-state index in [4.69, 9.17) is 11.6 Å². The summed E-state index contributed by atoms with van der Waals surface area (Å²) in [6, 6.07) is 3.13. The molecule has 0 aliphatic rings. The number of aliphatic hydroxyl groups excluding tert-OH is 1. The quantitative estimate of drug-likeness (QED) is 0.799. The third-order valence-corrected chi connectivity index (χ3v) is 3.06. The lowest BCUT2D eigenvalue weighted by Gasteiger charge is -2.11. The summed E-state index contributed by atoms with van der Waals surface area (Å²) in [6.07, 6.45) is 0.824. The Hall–Kier alpha value is -2.06. The Balaban J connectivity index is 2.15. The van der Waals surface area contributed by atoms with Gasteiger partial charge in [0.15, 0.2) is 12.4 Å². The first-order valence-corrected chi connectivity index (χ1v) is 5.94. The molecule has 1 unspecified atom stereocenters. The average Bonchev–Trinajstić information content (AvgIpc) is 3.01. The Morgan fingerprint density at radius 1 is 1.35 bits per heavy atom. The molecule has 0 amide bonds. The van der Waals surface area contributed by atoms with Crippen molar-refractivity contribution in [2.45, 2.75) is 12.9 Å². The van der Waals surface area contributed by atoms with Crippen LogP contribution >= 0.6 is 11.6 Å². The van der Waals surface area contributed by atoms with E-state index >= 15 is 0 Å². The first-order chi connectivity index (χ1) is 9.61. The van der Waals surface area contributed by atoms with Gasteiger partial charge in [-0.15, -0.1) is 0 Å². The maximum absolute atomic E-state index is 13.6. The summed E-state index contributed by atoms with van der Waals surface area (Å²) in [5.41, 5.74) is 0.294. The summed E-state index contributed by atoms with van der Waals surface area (Å²) < 4.78 is 28.5. The van der Waals surface area contributed by atoms with Crippen LogP contribution in [0.15, 0.2) is 24.7 Å². The van der Waals surface area contributed by atoms with Crippen LogP contribution in [0.1, 0.15) is 17.5 Å². The van der Waals surface area contributed by atoms with Gasteiger partial charge >= 0.3 is 0 Å². The lowest BCUT2D eigenvalue weighted by atomic mass is 10.2. The minimum Gasteiger partial charge on any atom is -0.380 e. The van der Waals surface area contributed by atoms with E-state index in [0.29, 0.717) is 5.65 Å². The molecule has 0 saturated heterocycles. The number of fused-ring (bicyclic) bond motifs is 1. The van der Waals surface area contributed by atoms with Gasteiger partial charge in [0, 0.05) is 0 Å². The van der Waals surface area contributed by atoms with Crippen LogP contribution < -0.4 is 0 Å². The van der Waals surface area contributed by atoms with Gasteiger partial charge in [0.1, 0.15) is 23.3 Å². The summed E-state index contributed by atoms with van der Waals surface area (Å²) in [6.45, 7) is -1.01. The van der Waals surface area contributed by atoms with Gasteiger partial charge in [0.25, 0.3) is 0 Å². The van der Waals surface area contributed by atoms with Crippen molar-refractivity contribution in [1.29, 1.82) is 0 Å². The summed E-state index contributed by atoms with van der Waals surface area (Å²) in [5.74, 6) is -0.952. The average molecular weight is 300 g/mol. The zero-order valence-corrected chi connectivity index (χ0v) is 10.7. The van der Waals surface area contributed by atoms with Gasteiger partial charge < -0.3 is 9.67 Å². The van der Waals surface area contributed by atoms with Crippen LogP contribution in [0.5, 0.6) is 0 Å². The molecule has 0 aliphatic carbocycles. The second-order valence-corrected chi connectivity index (χ2v) is 4.41. The zero-order chi connectivity index (χ0) is 14.3. The number of alkyl halides is 1. The third-order valence-electron chi connectivity index (χ3n) is 2.86. The van der Waals surface area contributed by atoms with E-state index in [0.717, 1.165) is 10.9 Å². The maximum atomic E-state index is 13.6. The zero-order valence-electron chi connectivity index (χ0n) is 9.91. The van der Waals surface area contributed by atoms with Crippen LogP contribution in [-0.2, 0) is 6.80 Å². The maximum Gasteiger partial charge on any atom is 0.237 e. The molecule has 6 nitrogen and oxygen atoms in total. The molecule has 20 heavy (non-hydrogen) atoms. The molecule has 3 rings (SSSR count). The Morgan fingerprint density at radius 2 is 2.15 bits per heavy atom. The molecule has 0 fully saturated rings. The van der Waals surface area contributed by atoms with Gasteiger partial charge in [-0.25, -0.2) is 18.9 Å². The van der Waals surface area contributed by atoms with Gasteiger partial charge in [-0.1, -0.05) is 11.6 Å². The van der Waals surface area contributed by atoms with Gasteiger partial charge in [-0.05, 0) is 12.1 Å². The van der Waals surface area contributed by atoms with Gasteiger partial charge in [0.2, 0.25) is 5.95 Å². The fourth-order valence-corrected chi connectivity index (χ4v) is 2.07. The molecule has 0 aliphatic heterocycles. The SMILES string of the molecule is OC(c1c(F)ncn1CF)c1cnc2ccc(Cl)nn12. The van der Waals surface area contributed by atoms with Crippen LogP contribution in [0.3, 0.4) is 0 Å². The summed E-state index contributed by atoms with van der Waals surface area (Å²) >= 11 is 5.77. The topological polar surface area (TPSA) is 68.2 Å². The molecule has 0 bridgehead atoms. The molecule has 3 aromatic heterocycles. The number of hydrogen-bond acceptors (Lipinski definition) is 4. The van der Waals surface area contributed by atoms with Gasteiger partial charge in [-0.2, -0.15) is 9.49 Å². The summed E-state index contributed by atoms with van der Waals surface area (Å²) in [4.78, 5) is 7.35.